The van der Waals surface area contributed by atoms with Crippen molar-refractivity contribution in [3.63, 3.8) is 0 Å². The van der Waals surface area contributed by atoms with E-state index in [9.17, 15) is 0 Å². The summed E-state index contributed by atoms with van der Waals surface area (Å²) in [5.74, 6) is 0. The van der Waals surface area contributed by atoms with Crippen molar-refractivity contribution in [2.45, 2.75) is 46.2 Å². The van der Waals surface area contributed by atoms with Crippen LogP contribution in [0.1, 0.15) is 45.2 Å². The maximum Gasteiger partial charge on any atom is 0.0486 e. The van der Waals surface area contributed by atoms with Gasteiger partial charge in [0, 0.05) is 29.7 Å². The third kappa shape index (κ3) is 3.74. The van der Waals surface area contributed by atoms with E-state index in [0.717, 1.165) is 13.1 Å². The quantitative estimate of drug-likeness (QED) is 0.769. The third-order valence-electron chi connectivity index (χ3n) is 3.40. The van der Waals surface area contributed by atoms with Crippen LogP contribution < -0.4 is 5.32 Å². The monoisotopic (exact) mass is 280 g/mol. The number of nitrogens with one attached hydrogen (secondary N) is 1. The molecule has 0 atom stereocenters. The lowest BCUT2D eigenvalue weighted by molar-refractivity contribution is 0.612. The second-order valence-corrected chi connectivity index (χ2v) is 5.20. The van der Waals surface area contributed by atoms with Gasteiger partial charge >= 0.3 is 0 Å². The van der Waals surface area contributed by atoms with E-state index in [0.29, 0.717) is 6.04 Å². The van der Waals surface area contributed by atoms with Gasteiger partial charge in [-0.2, -0.15) is 0 Å². The summed E-state index contributed by atoms with van der Waals surface area (Å²) in [6, 6.07) is 9.20. The van der Waals surface area contributed by atoms with E-state index in [1.807, 2.05) is 0 Å². The van der Waals surface area contributed by atoms with Gasteiger partial charge in [-0.3, -0.25) is 0 Å². The fourth-order valence-electron chi connectivity index (χ4n) is 2.37. The molecule has 1 aromatic heterocycles. The molecule has 0 unspecified atom stereocenters. The molecule has 0 saturated carbocycles. The Morgan fingerprint density at radius 2 is 1.95 bits per heavy atom. The van der Waals surface area contributed by atoms with Crippen molar-refractivity contribution >= 4 is 23.3 Å². The van der Waals surface area contributed by atoms with Crippen LogP contribution in [0, 0.1) is 0 Å². The maximum atomic E-state index is 3.53. The second-order valence-electron chi connectivity index (χ2n) is 5.20. The van der Waals surface area contributed by atoms with Gasteiger partial charge in [0.05, 0.1) is 0 Å². The Bertz CT molecular complexity index is 502. The van der Waals surface area contributed by atoms with Gasteiger partial charge in [0.15, 0.2) is 0 Å². The number of para-hydroxylation sites is 1. The Morgan fingerprint density at radius 3 is 2.63 bits per heavy atom. The van der Waals surface area contributed by atoms with Gasteiger partial charge in [0.25, 0.3) is 0 Å². The average molecular weight is 281 g/mol. The van der Waals surface area contributed by atoms with Crippen LogP contribution in [0.2, 0.25) is 0 Å². The summed E-state index contributed by atoms with van der Waals surface area (Å²) in [4.78, 5) is 0. The highest BCUT2D eigenvalue weighted by molar-refractivity contribution is 5.85. The van der Waals surface area contributed by atoms with Crippen LogP contribution >= 0.6 is 12.4 Å². The van der Waals surface area contributed by atoms with Gasteiger partial charge in [-0.25, -0.2) is 0 Å². The van der Waals surface area contributed by atoms with E-state index in [-0.39, 0.29) is 12.4 Å². The lowest BCUT2D eigenvalue weighted by Gasteiger charge is -2.08. The first-order valence-corrected chi connectivity index (χ1v) is 7.03. The second kappa shape index (κ2) is 7.56. The van der Waals surface area contributed by atoms with Crippen molar-refractivity contribution < 1.29 is 0 Å². The Kier molecular flexibility index (Phi) is 6.40. The molecular formula is C16H25ClN2. The van der Waals surface area contributed by atoms with Crippen LogP contribution in [-0.4, -0.2) is 11.1 Å². The summed E-state index contributed by atoms with van der Waals surface area (Å²) in [5, 5.41) is 4.92. The van der Waals surface area contributed by atoms with E-state index >= 15 is 0 Å². The molecule has 2 aromatic rings. The molecule has 0 fully saturated rings. The largest absolute Gasteiger partial charge is 0.345 e. The molecule has 0 bridgehead atoms. The standard InChI is InChI=1S/C16H24N2.ClH/c1-4-5-10-17-11-14-12-18(13(2)3)16-9-7-6-8-15(14)16;/h6-9,12-13,17H,4-5,10-11H2,1-3H3;1H. The molecule has 2 nitrogen and oxygen atoms in total. The Morgan fingerprint density at radius 1 is 1.21 bits per heavy atom. The molecule has 1 heterocycles. The van der Waals surface area contributed by atoms with E-state index in [1.165, 1.54) is 29.3 Å². The number of hydrogen-bond acceptors (Lipinski definition) is 1. The molecule has 3 heteroatoms. The normalized spacial score (nSPS) is 10.9. The first-order chi connectivity index (χ1) is 8.74. The molecule has 19 heavy (non-hydrogen) atoms. The fourth-order valence-corrected chi connectivity index (χ4v) is 2.37. The maximum absolute atomic E-state index is 3.53. The SMILES string of the molecule is CCCCNCc1cn(C(C)C)c2ccccc12.Cl. The summed E-state index contributed by atoms with van der Waals surface area (Å²) in [6.45, 7) is 8.78. The van der Waals surface area contributed by atoms with Gasteiger partial charge in [-0.1, -0.05) is 31.5 Å². The van der Waals surface area contributed by atoms with Crippen LogP contribution in [0.4, 0.5) is 0 Å². The molecular weight excluding hydrogens is 256 g/mol. The molecule has 0 amide bonds. The summed E-state index contributed by atoms with van der Waals surface area (Å²) in [7, 11) is 0. The summed E-state index contributed by atoms with van der Waals surface area (Å²) in [6.07, 6.45) is 4.80. The minimum Gasteiger partial charge on any atom is -0.345 e. The lowest BCUT2D eigenvalue weighted by atomic mass is 10.2. The highest BCUT2D eigenvalue weighted by atomic mass is 35.5. The Balaban J connectivity index is 0.00000180. The first-order valence-electron chi connectivity index (χ1n) is 7.03. The van der Waals surface area contributed by atoms with Gasteiger partial charge < -0.3 is 9.88 Å². The molecule has 106 valence electrons. The van der Waals surface area contributed by atoms with E-state index < -0.39 is 0 Å². The molecule has 0 aliphatic carbocycles. The smallest absolute Gasteiger partial charge is 0.0486 e. The van der Waals surface area contributed by atoms with Gasteiger partial charge in [0.1, 0.15) is 0 Å². The average Bonchev–Trinajstić information content (AvgIpc) is 2.74. The zero-order valence-corrected chi connectivity index (χ0v) is 13.0. The molecule has 1 N–H and O–H groups in total. The van der Waals surface area contributed by atoms with Crippen molar-refractivity contribution in [1.29, 1.82) is 0 Å². The van der Waals surface area contributed by atoms with Crippen LogP contribution in [0.25, 0.3) is 10.9 Å². The van der Waals surface area contributed by atoms with Crippen LogP contribution in [0.15, 0.2) is 30.5 Å². The highest BCUT2D eigenvalue weighted by Gasteiger charge is 2.09. The van der Waals surface area contributed by atoms with Crippen molar-refractivity contribution in [1.82, 2.24) is 9.88 Å². The molecule has 0 saturated heterocycles. The number of unbranched alkanes of at least 4 members (excludes halogenated alkanes) is 1. The molecule has 1 aromatic carbocycles. The van der Waals surface area contributed by atoms with Crippen molar-refractivity contribution in [2.75, 3.05) is 6.54 Å². The summed E-state index contributed by atoms with van der Waals surface area (Å²) in [5.41, 5.74) is 2.76. The molecule has 0 aliphatic rings. The minimum atomic E-state index is 0. The highest BCUT2D eigenvalue weighted by Crippen LogP contribution is 2.24. The predicted molar refractivity (Wildman–Crippen MR) is 86.2 cm³/mol. The predicted octanol–water partition coefficient (Wildman–Crippen LogP) is 4.53. The minimum absolute atomic E-state index is 0. The van der Waals surface area contributed by atoms with E-state index in [2.05, 4.69) is 61.1 Å². The van der Waals surface area contributed by atoms with Gasteiger partial charge in [-0.15, -0.1) is 12.4 Å². The van der Waals surface area contributed by atoms with Crippen molar-refractivity contribution in [2.24, 2.45) is 0 Å². The van der Waals surface area contributed by atoms with Gasteiger partial charge in [-0.05, 0) is 38.4 Å². The van der Waals surface area contributed by atoms with Crippen LogP contribution in [0.5, 0.6) is 0 Å². The van der Waals surface area contributed by atoms with Gasteiger partial charge in [0.2, 0.25) is 0 Å². The molecule has 0 radical (unpaired) electrons. The van der Waals surface area contributed by atoms with E-state index in [1.54, 1.807) is 0 Å². The van der Waals surface area contributed by atoms with Crippen molar-refractivity contribution in [3.05, 3.63) is 36.0 Å². The number of halogens is 1. The zero-order chi connectivity index (χ0) is 13.0. The lowest BCUT2D eigenvalue weighted by Crippen LogP contribution is -2.14. The molecule has 2 rings (SSSR count). The summed E-state index contributed by atoms with van der Waals surface area (Å²) < 4.78 is 2.37. The topological polar surface area (TPSA) is 17.0 Å². The number of hydrogen-bond donors (Lipinski definition) is 1. The number of rotatable bonds is 6. The summed E-state index contributed by atoms with van der Waals surface area (Å²) >= 11 is 0. The number of benzene rings is 1. The number of nitrogens with zero attached hydrogens (tertiary/aromatic N) is 1. The number of aromatic nitrogens is 1. The van der Waals surface area contributed by atoms with Crippen molar-refractivity contribution in [3.8, 4) is 0 Å². The van der Waals surface area contributed by atoms with Crippen LogP contribution in [-0.2, 0) is 6.54 Å². The van der Waals surface area contributed by atoms with E-state index in [4.69, 9.17) is 0 Å². The van der Waals surface area contributed by atoms with Crippen LogP contribution in [0.3, 0.4) is 0 Å². The fraction of sp³-hybridized carbons (Fsp3) is 0.500. The number of fused-ring (bicyclic) bond motifs is 1. The Hall–Kier alpha value is -0.990. The zero-order valence-electron chi connectivity index (χ0n) is 12.1. The molecule has 0 aliphatic heterocycles. The molecule has 0 spiro atoms. The Labute approximate surface area is 122 Å². The third-order valence-corrected chi connectivity index (χ3v) is 3.40. The first kappa shape index (κ1) is 16.1.